The highest BCUT2D eigenvalue weighted by atomic mass is 16.1. The van der Waals surface area contributed by atoms with E-state index in [9.17, 15) is 4.79 Å². The Kier molecular flexibility index (Phi) is 2.53. The molecule has 0 saturated heterocycles. The molecule has 1 aliphatic heterocycles. The molecule has 1 heterocycles. The molecule has 0 aromatic heterocycles. The summed E-state index contributed by atoms with van der Waals surface area (Å²) in [7, 11) is 0. The molecule has 1 aromatic carbocycles. The summed E-state index contributed by atoms with van der Waals surface area (Å²) < 4.78 is 0. The number of carbonyl (C=O) groups excluding carboxylic acids is 1. The summed E-state index contributed by atoms with van der Waals surface area (Å²) in [6, 6.07) is 6.83. The number of hydrogen-bond donors (Lipinski definition) is 1. The Morgan fingerprint density at radius 1 is 1.57 bits per heavy atom. The van der Waals surface area contributed by atoms with Gasteiger partial charge in [0, 0.05) is 18.2 Å². The Bertz CT molecular complexity index is 346. The summed E-state index contributed by atoms with van der Waals surface area (Å²) in [6.45, 7) is 2.16. The predicted molar refractivity (Wildman–Crippen MR) is 57.6 cm³/mol. The summed E-state index contributed by atoms with van der Waals surface area (Å²) >= 11 is 0. The Balaban J connectivity index is 2.18. The van der Waals surface area contributed by atoms with E-state index in [1.54, 1.807) is 0 Å². The number of fused-ring (bicyclic) bond motifs is 1. The van der Waals surface area contributed by atoms with Gasteiger partial charge in [-0.05, 0) is 30.0 Å². The Morgan fingerprint density at radius 2 is 2.43 bits per heavy atom. The fourth-order valence-corrected chi connectivity index (χ4v) is 1.97. The van der Waals surface area contributed by atoms with Crippen LogP contribution in [0, 0.1) is 0 Å². The minimum Gasteiger partial charge on any atom is -0.381 e. The van der Waals surface area contributed by atoms with Crippen molar-refractivity contribution in [2.24, 2.45) is 0 Å². The smallest absolute Gasteiger partial charge is 0.122 e. The van der Waals surface area contributed by atoms with Gasteiger partial charge in [0.25, 0.3) is 0 Å². The summed E-state index contributed by atoms with van der Waals surface area (Å²) in [5.74, 6) is 0. The van der Waals surface area contributed by atoms with Gasteiger partial charge < -0.3 is 10.1 Å². The molecular formula is C12H15NO. The largest absolute Gasteiger partial charge is 0.381 e. The molecule has 2 nitrogen and oxygen atoms in total. The van der Waals surface area contributed by atoms with Gasteiger partial charge in [-0.1, -0.05) is 19.1 Å². The topological polar surface area (TPSA) is 29.1 Å². The molecule has 1 atom stereocenters. The van der Waals surface area contributed by atoms with E-state index < -0.39 is 0 Å². The van der Waals surface area contributed by atoms with Crippen molar-refractivity contribution in [1.29, 1.82) is 0 Å². The van der Waals surface area contributed by atoms with E-state index in [1.807, 2.05) is 0 Å². The highest BCUT2D eigenvalue weighted by Crippen LogP contribution is 2.27. The van der Waals surface area contributed by atoms with Crippen LogP contribution in [0.5, 0.6) is 0 Å². The van der Waals surface area contributed by atoms with Gasteiger partial charge in [-0.3, -0.25) is 0 Å². The van der Waals surface area contributed by atoms with Crippen LogP contribution in [0.4, 0.5) is 5.69 Å². The monoisotopic (exact) mass is 189 g/mol. The van der Waals surface area contributed by atoms with E-state index in [1.165, 1.54) is 16.8 Å². The second-order valence-corrected chi connectivity index (χ2v) is 3.79. The zero-order valence-electron chi connectivity index (χ0n) is 8.42. The first-order chi connectivity index (χ1) is 6.83. The number of rotatable bonds is 3. The molecule has 0 radical (unpaired) electrons. The lowest BCUT2D eigenvalue weighted by Gasteiger charge is -2.05. The van der Waals surface area contributed by atoms with Gasteiger partial charge in [-0.25, -0.2) is 0 Å². The normalized spacial score (nSPS) is 18.8. The molecule has 0 saturated carbocycles. The second-order valence-electron chi connectivity index (χ2n) is 3.79. The number of aryl methyl sites for hydroxylation is 1. The molecule has 14 heavy (non-hydrogen) atoms. The summed E-state index contributed by atoms with van der Waals surface area (Å²) in [5, 5.41) is 3.36. The fraction of sp³-hybridized carbons (Fsp3) is 0.417. The maximum absolute atomic E-state index is 10.4. The van der Waals surface area contributed by atoms with Crippen LogP contribution in [0.15, 0.2) is 18.2 Å². The average Bonchev–Trinajstić information content (AvgIpc) is 2.59. The summed E-state index contributed by atoms with van der Waals surface area (Å²) in [5.41, 5.74) is 3.93. The van der Waals surface area contributed by atoms with Gasteiger partial charge in [0.2, 0.25) is 0 Å². The van der Waals surface area contributed by atoms with Gasteiger partial charge in [0.1, 0.15) is 6.29 Å². The third-order valence-corrected chi connectivity index (χ3v) is 2.78. The van der Waals surface area contributed by atoms with Gasteiger partial charge in [0.05, 0.1) is 0 Å². The van der Waals surface area contributed by atoms with Crippen LogP contribution in [0.25, 0.3) is 0 Å². The predicted octanol–water partition coefficient (Wildman–Crippen LogP) is 2.17. The fourth-order valence-electron chi connectivity index (χ4n) is 1.97. The third kappa shape index (κ3) is 1.65. The molecule has 2 rings (SSSR count). The van der Waals surface area contributed by atoms with Crippen LogP contribution in [-0.2, 0) is 17.6 Å². The van der Waals surface area contributed by atoms with Crippen molar-refractivity contribution in [3.05, 3.63) is 29.3 Å². The number of nitrogens with one attached hydrogen (secondary N) is 1. The van der Waals surface area contributed by atoms with Crippen molar-refractivity contribution in [3.63, 3.8) is 0 Å². The van der Waals surface area contributed by atoms with Gasteiger partial charge in [-0.15, -0.1) is 0 Å². The first-order valence-corrected chi connectivity index (χ1v) is 5.15. The number of aldehydes is 1. The van der Waals surface area contributed by atoms with Crippen molar-refractivity contribution in [3.8, 4) is 0 Å². The zero-order chi connectivity index (χ0) is 9.97. The van der Waals surface area contributed by atoms with E-state index >= 15 is 0 Å². The Hall–Kier alpha value is -1.31. The third-order valence-electron chi connectivity index (χ3n) is 2.78. The van der Waals surface area contributed by atoms with Crippen LogP contribution >= 0.6 is 0 Å². The van der Waals surface area contributed by atoms with Crippen molar-refractivity contribution in [1.82, 2.24) is 0 Å². The Labute approximate surface area is 84.3 Å². The SMILES string of the molecule is CCc1ccc2c(c1)CC(CC=O)N2. The Morgan fingerprint density at radius 3 is 3.14 bits per heavy atom. The molecule has 1 aromatic rings. The van der Waals surface area contributed by atoms with Gasteiger partial charge in [-0.2, -0.15) is 0 Å². The van der Waals surface area contributed by atoms with Gasteiger partial charge in [0.15, 0.2) is 0 Å². The molecular weight excluding hydrogens is 174 g/mol. The number of hydrogen-bond acceptors (Lipinski definition) is 2. The average molecular weight is 189 g/mol. The van der Waals surface area contributed by atoms with E-state index in [4.69, 9.17) is 0 Å². The van der Waals surface area contributed by atoms with E-state index in [0.29, 0.717) is 12.5 Å². The highest BCUT2D eigenvalue weighted by Gasteiger charge is 2.19. The summed E-state index contributed by atoms with van der Waals surface area (Å²) in [6.07, 6.45) is 3.66. The van der Waals surface area contributed by atoms with Crippen LogP contribution in [0.3, 0.4) is 0 Å². The number of carbonyl (C=O) groups is 1. The van der Waals surface area contributed by atoms with Crippen molar-refractivity contribution >= 4 is 12.0 Å². The molecule has 0 amide bonds. The molecule has 2 heteroatoms. The lowest BCUT2D eigenvalue weighted by Crippen LogP contribution is -2.15. The van der Waals surface area contributed by atoms with Crippen molar-refractivity contribution < 1.29 is 4.79 Å². The number of anilines is 1. The molecule has 0 spiro atoms. The van der Waals surface area contributed by atoms with Crippen molar-refractivity contribution in [2.45, 2.75) is 32.2 Å². The molecule has 0 bridgehead atoms. The first-order valence-electron chi connectivity index (χ1n) is 5.15. The van der Waals surface area contributed by atoms with Crippen molar-refractivity contribution in [2.75, 3.05) is 5.32 Å². The minimum absolute atomic E-state index is 0.314. The summed E-state index contributed by atoms with van der Waals surface area (Å²) in [4.78, 5) is 10.4. The highest BCUT2D eigenvalue weighted by molar-refractivity contribution is 5.61. The maximum Gasteiger partial charge on any atom is 0.122 e. The van der Waals surface area contributed by atoms with E-state index in [0.717, 1.165) is 19.1 Å². The van der Waals surface area contributed by atoms with Crippen LogP contribution < -0.4 is 5.32 Å². The van der Waals surface area contributed by atoms with Gasteiger partial charge >= 0.3 is 0 Å². The molecule has 74 valence electrons. The standard InChI is InChI=1S/C12H15NO/c1-2-9-3-4-12-10(7-9)8-11(13-12)5-6-14/h3-4,6-7,11,13H,2,5,8H2,1H3. The lowest BCUT2D eigenvalue weighted by atomic mass is 10.0. The molecule has 0 aliphatic carbocycles. The minimum atomic E-state index is 0.314. The number of benzene rings is 1. The maximum atomic E-state index is 10.4. The molecule has 0 fully saturated rings. The van der Waals surface area contributed by atoms with Crippen LogP contribution in [0.2, 0.25) is 0 Å². The van der Waals surface area contributed by atoms with Crippen LogP contribution in [-0.4, -0.2) is 12.3 Å². The second kappa shape index (κ2) is 3.82. The quantitative estimate of drug-likeness (QED) is 0.738. The van der Waals surface area contributed by atoms with Crippen LogP contribution in [0.1, 0.15) is 24.5 Å². The molecule has 1 N–H and O–H groups in total. The first kappa shape index (κ1) is 9.25. The van der Waals surface area contributed by atoms with E-state index in [-0.39, 0.29) is 0 Å². The lowest BCUT2D eigenvalue weighted by molar-refractivity contribution is -0.108. The molecule has 1 aliphatic rings. The zero-order valence-corrected chi connectivity index (χ0v) is 8.42. The molecule has 1 unspecified atom stereocenters. The van der Waals surface area contributed by atoms with E-state index in [2.05, 4.69) is 30.4 Å².